The van der Waals surface area contributed by atoms with Crippen LogP contribution in [0.1, 0.15) is 74.8 Å². The molecule has 0 amide bonds. The minimum Gasteiger partial charge on any atom is -0.497 e. The summed E-state index contributed by atoms with van der Waals surface area (Å²) in [6.45, 7) is 2.38. The maximum atomic E-state index is 14.3. The fourth-order valence-electron chi connectivity index (χ4n) is 5.02. The molecule has 2 aliphatic rings. The van der Waals surface area contributed by atoms with E-state index in [1.165, 1.54) is 24.5 Å². The van der Waals surface area contributed by atoms with Gasteiger partial charge in [0, 0.05) is 6.42 Å². The van der Waals surface area contributed by atoms with Gasteiger partial charge in [0.1, 0.15) is 23.1 Å². The number of ether oxygens (including phenoxy) is 2. The molecule has 0 aromatic heterocycles. The smallest absolute Gasteiger partial charge is 0.130 e. The largest absolute Gasteiger partial charge is 0.497 e. The van der Waals surface area contributed by atoms with Crippen molar-refractivity contribution in [2.45, 2.75) is 63.7 Å². The Morgan fingerprint density at radius 3 is 2.48 bits per heavy atom. The van der Waals surface area contributed by atoms with Gasteiger partial charge in [0.25, 0.3) is 0 Å². The van der Waals surface area contributed by atoms with Crippen molar-refractivity contribution in [1.29, 1.82) is 0 Å². The summed E-state index contributed by atoms with van der Waals surface area (Å²) in [5.41, 5.74) is 2.01. The molecule has 0 saturated heterocycles. The van der Waals surface area contributed by atoms with E-state index < -0.39 is 0 Å². The molecule has 0 spiro atoms. The highest BCUT2D eigenvalue weighted by molar-refractivity contribution is 5.76. The molecule has 0 heterocycles. The summed E-state index contributed by atoms with van der Waals surface area (Å²) in [7, 11) is 1.62. The standard InChI is InChI=1S/C27H33FO3/c1-18(29)14-25(20-10-11-20)22-4-3-5-24(15-22)31-17-19-6-8-21(9-7-19)26-16-23(30-2)12-13-27(26)28/h3-5,12-13,15-16,19-21,25H,6-11,14,17H2,1-2H3/t19?,21?,25-/m0/s1. The number of hydrogen-bond acceptors (Lipinski definition) is 3. The van der Waals surface area contributed by atoms with E-state index in [4.69, 9.17) is 9.47 Å². The van der Waals surface area contributed by atoms with Gasteiger partial charge in [0.05, 0.1) is 13.7 Å². The summed E-state index contributed by atoms with van der Waals surface area (Å²) in [5.74, 6) is 3.45. The van der Waals surface area contributed by atoms with E-state index in [0.717, 1.165) is 42.7 Å². The quantitative estimate of drug-likeness (QED) is 0.451. The molecule has 1 atom stereocenters. The second-order valence-electron chi connectivity index (χ2n) is 9.34. The molecule has 166 valence electrons. The number of ketones is 1. The molecule has 0 aliphatic heterocycles. The van der Waals surface area contributed by atoms with Crippen LogP contribution in [0.5, 0.6) is 11.5 Å². The van der Waals surface area contributed by atoms with Crippen LogP contribution in [0.3, 0.4) is 0 Å². The van der Waals surface area contributed by atoms with E-state index in [9.17, 15) is 9.18 Å². The summed E-state index contributed by atoms with van der Waals surface area (Å²) >= 11 is 0. The van der Waals surface area contributed by atoms with Crippen molar-refractivity contribution in [2.24, 2.45) is 11.8 Å². The third kappa shape index (κ3) is 5.66. The number of carbonyl (C=O) groups is 1. The first-order chi connectivity index (χ1) is 15.0. The molecular formula is C27H33FO3. The van der Waals surface area contributed by atoms with Gasteiger partial charge in [-0.1, -0.05) is 12.1 Å². The fraction of sp³-hybridized carbons (Fsp3) is 0.519. The third-order valence-corrected chi connectivity index (χ3v) is 6.96. The summed E-state index contributed by atoms with van der Waals surface area (Å²) < 4.78 is 25.7. The summed E-state index contributed by atoms with van der Waals surface area (Å²) in [5, 5.41) is 0. The van der Waals surface area contributed by atoms with Gasteiger partial charge in [-0.25, -0.2) is 4.39 Å². The Morgan fingerprint density at radius 1 is 1.03 bits per heavy atom. The highest BCUT2D eigenvalue weighted by Gasteiger charge is 2.33. The topological polar surface area (TPSA) is 35.5 Å². The number of halogens is 1. The molecule has 0 bridgehead atoms. The number of carbonyl (C=O) groups excluding carboxylic acids is 1. The average Bonchev–Trinajstić information content (AvgIpc) is 3.62. The molecule has 0 N–H and O–H groups in total. The number of benzene rings is 2. The van der Waals surface area contributed by atoms with Crippen LogP contribution in [0, 0.1) is 17.7 Å². The monoisotopic (exact) mass is 424 g/mol. The maximum Gasteiger partial charge on any atom is 0.130 e. The molecule has 3 nitrogen and oxygen atoms in total. The SMILES string of the molecule is COc1ccc(F)c(C2CCC(COc3cccc([C@@H](CC(C)=O)C4CC4)c3)CC2)c1. The van der Waals surface area contributed by atoms with Crippen LogP contribution < -0.4 is 9.47 Å². The number of hydrogen-bond donors (Lipinski definition) is 0. The fourth-order valence-corrected chi connectivity index (χ4v) is 5.02. The first kappa shape index (κ1) is 21.9. The lowest BCUT2D eigenvalue weighted by molar-refractivity contribution is -0.117. The zero-order chi connectivity index (χ0) is 21.8. The maximum absolute atomic E-state index is 14.3. The molecule has 2 aromatic carbocycles. The van der Waals surface area contributed by atoms with Crippen molar-refractivity contribution in [1.82, 2.24) is 0 Å². The Kier molecular flexibility index (Phi) is 6.94. The minimum atomic E-state index is -0.131. The van der Waals surface area contributed by atoms with Crippen LogP contribution in [0.15, 0.2) is 42.5 Å². The molecule has 2 aromatic rings. The van der Waals surface area contributed by atoms with Crippen molar-refractivity contribution in [3.8, 4) is 11.5 Å². The number of rotatable bonds is 9. The van der Waals surface area contributed by atoms with Gasteiger partial charge in [0.2, 0.25) is 0 Å². The number of methoxy groups -OCH3 is 1. The lowest BCUT2D eigenvalue weighted by Crippen LogP contribution is -2.20. The van der Waals surface area contributed by atoms with E-state index in [1.807, 2.05) is 18.2 Å². The predicted octanol–water partition coefficient (Wildman–Crippen LogP) is 6.66. The molecule has 2 aliphatic carbocycles. The lowest BCUT2D eigenvalue weighted by Gasteiger charge is -2.29. The van der Waals surface area contributed by atoms with Crippen LogP contribution in [-0.2, 0) is 4.79 Å². The highest BCUT2D eigenvalue weighted by atomic mass is 19.1. The van der Waals surface area contributed by atoms with Gasteiger partial charge in [-0.2, -0.15) is 0 Å². The molecule has 2 saturated carbocycles. The Labute approximate surface area is 185 Å². The van der Waals surface area contributed by atoms with Crippen molar-refractivity contribution < 1.29 is 18.7 Å². The highest BCUT2D eigenvalue weighted by Crippen LogP contribution is 2.45. The molecule has 4 rings (SSSR count). The second kappa shape index (κ2) is 9.84. The Hall–Kier alpha value is -2.36. The molecular weight excluding hydrogens is 391 g/mol. The van der Waals surface area contributed by atoms with Crippen LogP contribution in [0.25, 0.3) is 0 Å². The van der Waals surface area contributed by atoms with E-state index in [1.54, 1.807) is 20.1 Å². The van der Waals surface area contributed by atoms with Crippen molar-refractivity contribution in [3.63, 3.8) is 0 Å². The van der Waals surface area contributed by atoms with E-state index >= 15 is 0 Å². The average molecular weight is 425 g/mol. The molecule has 31 heavy (non-hydrogen) atoms. The first-order valence-corrected chi connectivity index (χ1v) is 11.6. The first-order valence-electron chi connectivity index (χ1n) is 11.6. The van der Waals surface area contributed by atoms with Crippen LogP contribution >= 0.6 is 0 Å². The van der Waals surface area contributed by atoms with Crippen LogP contribution in [0.4, 0.5) is 4.39 Å². The Morgan fingerprint density at radius 2 is 1.81 bits per heavy atom. The van der Waals surface area contributed by atoms with Crippen LogP contribution in [0.2, 0.25) is 0 Å². The molecule has 4 heteroatoms. The lowest BCUT2D eigenvalue weighted by atomic mass is 9.79. The molecule has 2 fully saturated rings. The van der Waals surface area contributed by atoms with Gasteiger partial charge in [-0.3, -0.25) is 0 Å². The second-order valence-corrected chi connectivity index (χ2v) is 9.34. The van der Waals surface area contributed by atoms with Crippen LogP contribution in [-0.4, -0.2) is 19.5 Å². The summed E-state index contributed by atoms with van der Waals surface area (Å²) in [6, 6.07) is 13.4. The van der Waals surface area contributed by atoms with E-state index in [2.05, 4.69) is 12.1 Å². The molecule has 0 radical (unpaired) electrons. The van der Waals surface area contributed by atoms with E-state index in [-0.39, 0.29) is 17.5 Å². The van der Waals surface area contributed by atoms with Crippen molar-refractivity contribution in [3.05, 3.63) is 59.4 Å². The van der Waals surface area contributed by atoms with Gasteiger partial charge >= 0.3 is 0 Å². The summed E-state index contributed by atoms with van der Waals surface area (Å²) in [6.07, 6.45) is 7.09. The zero-order valence-electron chi connectivity index (χ0n) is 18.6. The Balaban J connectivity index is 1.31. The third-order valence-electron chi connectivity index (χ3n) is 6.96. The normalized spacial score (nSPS) is 22.0. The van der Waals surface area contributed by atoms with Gasteiger partial charge < -0.3 is 14.3 Å². The van der Waals surface area contributed by atoms with Crippen molar-refractivity contribution >= 4 is 5.78 Å². The minimum absolute atomic E-state index is 0.131. The predicted molar refractivity (Wildman–Crippen MR) is 120 cm³/mol. The molecule has 0 unspecified atom stereocenters. The summed E-state index contributed by atoms with van der Waals surface area (Å²) in [4.78, 5) is 11.7. The Bertz CT molecular complexity index is 897. The van der Waals surface area contributed by atoms with E-state index in [0.29, 0.717) is 30.8 Å². The number of Topliss-reactive ketones (excluding diaryl/α,β-unsaturated/α-hetero) is 1. The van der Waals surface area contributed by atoms with Gasteiger partial charge in [-0.15, -0.1) is 0 Å². The zero-order valence-corrected chi connectivity index (χ0v) is 18.6. The van der Waals surface area contributed by atoms with Crippen molar-refractivity contribution in [2.75, 3.05) is 13.7 Å². The van der Waals surface area contributed by atoms with Gasteiger partial charge in [-0.05, 0) is 111 Å². The van der Waals surface area contributed by atoms with Gasteiger partial charge in [0.15, 0.2) is 0 Å².